The quantitative estimate of drug-likeness (QED) is 0.913. The van der Waals surface area contributed by atoms with Gasteiger partial charge in [0.05, 0.1) is 0 Å². The van der Waals surface area contributed by atoms with Gasteiger partial charge in [0.1, 0.15) is 5.78 Å². The van der Waals surface area contributed by atoms with Gasteiger partial charge in [-0.2, -0.15) is 0 Å². The maximum atomic E-state index is 11.9. The van der Waals surface area contributed by atoms with Crippen LogP contribution in [0.4, 0.5) is 0 Å². The predicted octanol–water partition coefficient (Wildman–Crippen LogP) is 2.72. The van der Waals surface area contributed by atoms with Crippen molar-refractivity contribution in [1.29, 1.82) is 0 Å². The van der Waals surface area contributed by atoms with Crippen LogP contribution in [0.15, 0.2) is 24.3 Å². The van der Waals surface area contributed by atoms with Gasteiger partial charge < -0.3 is 5.32 Å². The molecule has 2 rings (SSSR count). The first-order valence-corrected chi connectivity index (χ1v) is 6.57. The Hall–Kier alpha value is -1.35. The summed E-state index contributed by atoms with van der Waals surface area (Å²) in [4.78, 5) is 23.0. The van der Waals surface area contributed by atoms with Gasteiger partial charge in [0.25, 0.3) is 0 Å². The number of hydrogen-bond donors (Lipinski definition) is 1. The molecule has 1 aromatic rings. The van der Waals surface area contributed by atoms with Gasteiger partial charge >= 0.3 is 0 Å². The molecule has 1 fully saturated rings. The number of hydrogen-bond acceptors (Lipinski definition) is 2. The fraction of sp³-hybridized carbons (Fsp3) is 0.429. The molecule has 0 aromatic heterocycles. The standard InChI is InChI=1S/C14H16ClNO2/c15-13-4-2-1-3-11(13)9-16-14(18)10-5-7-12(17)8-6-10/h1-4,10H,5-9H2,(H,16,18). The van der Waals surface area contributed by atoms with Crippen LogP contribution in [0.1, 0.15) is 31.2 Å². The molecule has 0 unspecified atom stereocenters. The lowest BCUT2D eigenvalue weighted by molar-refractivity contribution is -0.128. The van der Waals surface area contributed by atoms with Crippen LogP contribution < -0.4 is 5.32 Å². The fourth-order valence-electron chi connectivity index (χ4n) is 2.17. The van der Waals surface area contributed by atoms with Crippen molar-refractivity contribution in [2.24, 2.45) is 5.92 Å². The van der Waals surface area contributed by atoms with Crippen molar-refractivity contribution < 1.29 is 9.59 Å². The van der Waals surface area contributed by atoms with Crippen molar-refractivity contribution in [3.63, 3.8) is 0 Å². The largest absolute Gasteiger partial charge is 0.352 e. The molecule has 0 bridgehead atoms. The number of Topliss-reactive ketones (excluding diaryl/α,β-unsaturated/α-hetero) is 1. The second-order valence-corrected chi connectivity index (χ2v) is 5.03. The molecule has 0 heterocycles. The maximum Gasteiger partial charge on any atom is 0.223 e. The SMILES string of the molecule is O=C1CCC(C(=O)NCc2ccccc2Cl)CC1. The van der Waals surface area contributed by atoms with E-state index < -0.39 is 0 Å². The van der Waals surface area contributed by atoms with E-state index in [4.69, 9.17) is 11.6 Å². The molecule has 0 radical (unpaired) electrons. The van der Waals surface area contributed by atoms with Gasteiger partial charge in [-0.3, -0.25) is 9.59 Å². The van der Waals surface area contributed by atoms with E-state index >= 15 is 0 Å². The van der Waals surface area contributed by atoms with Crippen LogP contribution in [-0.4, -0.2) is 11.7 Å². The Bertz CT molecular complexity index is 449. The zero-order valence-corrected chi connectivity index (χ0v) is 10.9. The Morgan fingerprint density at radius 1 is 1.28 bits per heavy atom. The third kappa shape index (κ3) is 3.33. The smallest absolute Gasteiger partial charge is 0.223 e. The van der Waals surface area contributed by atoms with Gasteiger partial charge in [0, 0.05) is 30.3 Å². The third-order valence-corrected chi connectivity index (χ3v) is 3.69. The number of carbonyl (C=O) groups is 2. The van der Waals surface area contributed by atoms with Crippen LogP contribution in [0.25, 0.3) is 0 Å². The van der Waals surface area contributed by atoms with E-state index in [1.807, 2.05) is 24.3 Å². The van der Waals surface area contributed by atoms with Gasteiger partial charge in [-0.25, -0.2) is 0 Å². The average Bonchev–Trinajstić information content (AvgIpc) is 2.38. The predicted molar refractivity (Wildman–Crippen MR) is 70.3 cm³/mol. The van der Waals surface area contributed by atoms with E-state index in [-0.39, 0.29) is 17.6 Å². The normalized spacial score (nSPS) is 16.6. The number of halogens is 1. The molecule has 0 saturated heterocycles. The van der Waals surface area contributed by atoms with Gasteiger partial charge in [-0.15, -0.1) is 0 Å². The highest BCUT2D eigenvalue weighted by Crippen LogP contribution is 2.22. The van der Waals surface area contributed by atoms with E-state index in [0.717, 1.165) is 5.56 Å². The molecule has 1 aliphatic rings. The number of carbonyl (C=O) groups excluding carboxylic acids is 2. The molecule has 1 amide bonds. The Morgan fingerprint density at radius 3 is 2.61 bits per heavy atom. The van der Waals surface area contributed by atoms with Crippen LogP contribution in [0, 0.1) is 5.92 Å². The number of ketones is 1. The Kier molecular flexibility index (Phi) is 4.37. The molecule has 0 spiro atoms. The van der Waals surface area contributed by atoms with Gasteiger partial charge in [0.15, 0.2) is 0 Å². The minimum absolute atomic E-state index is 0.0230. The Labute approximate surface area is 112 Å². The van der Waals surface area contributed by atoms with E-state index in [1.54, 1.807) is 0 Å². The lowest BCUT2D eigenvalue weighted by Crippen LogP contribution is -2.32. The monoisotopic (exact) mass is 265 g/mol. The summed E-state index contributed by atoms with van der Waals surface area (Å²) in [5, 5.41) is 3.55. The summed E-state index contributed by atoms with van der Waals surface area (Å²) in [5.41, 5.74) is 0.916. The molecule has 0 aliphatic heterocycles. The van der Waals surface area contributed by atoms with Crippen molar-refractivity contribution in [2.45, 2.75) is 32.2 Å². The summed E-state index contributed by atoms with van der Waals surface area (Å²) in [7, 11) is 0. The van der Waals surface area contributed by atoms with E-state index in [2.05, 4.69) is 5.32 Å². The summed E-state index contributed by atoms with van der Waals surface area (Å²) in [6.07, 6.45) is 2.41. The number of amides is 1. The molecule has 1 N–H and O–H groups in total. The Morgan fingerprint density at radius 2 is 1.94 bits per heavy atom. The second kappa shape index (κ2) is 6.01. The van der Waals surface area contributed by atoms with Crippen molar-refractivity contribution >= 4 is 23.3 Å². The van der Waals surface area contributed by atoms with E-state index in [1.165, 1.54) is 0 Å². The second-order valence-electron chi connectivity index (χ2n) is 4.62. The summed E-state index contributed by atoms with van der Waals surface area (Å²) in [6, 6.07) is 7.46. The van der Waals surface area contributed by atoms with Crippen molar-refractivity contribution in [3.8, 4) is 0 Å². The summed E-state index contributed by atoms with van der Waals surface area (Å²) in [5.74, 6) is 0.276. The molecule has 3 nitrogen and oxygen atoms in total. The van der Waals surface area contributed by atoms with Gasteiger partial charge in [-0.1, -0.05) is 29.8 Å². The maximum absolute atomic E-state index is 11.9. The van der Waals surface area contributed by atoms with Crippen LogP contribution in [0.2, 0.25) is 5.02 Å². The molecule has 1 saturated carbocycles. The van der Waals surface area contributed by atoms with Crippen LogP contribution >= 0.6 is 11.6 Å². The topological polar surface area (TPSA) is 46.2 Å². The first kappa shape index (κ1) is 13.1. The van der Waals surface area contributed by atoms with Gasteiger partial charge in [0.2, 0.25) is 5.91 Å². The zero-order valence-electron chi connectivity index (χ0n) is 10.1. The summed E-state index contributed by atoms with van der Waals surface area (Å²) < 4.78 is 0. The van der Waals surface area contributed by atoms with Crippen LogP contribution in [-0.2, 0) is 16.1 Å². The third-order valence-electron chi connectivity index (χ3n) is 3.32. The minimum atomic E-state index is -0.0230. The van der Waals surface area contributed by atoms with Crippen molar-refractivity contribution in [3.05, 3.63) is 34.9 Å². The lowest BCUT2D eigenvalue weighted by Gasteiger charge is -2.20. The zero-order chi connectivity index (χ0) is 13.0. The highest BCUT2D eigenvalue weighted by atomic mass is 35.5. The molecule has 4 heteroatoms. The first-order valence-electron chi connectivity index (χ1n) is 6.19. The van der Waals surface area contributed by atoms with Crippen molar-refractivity contribution in [1.82, 2.24) is 5.32 Å². The molecule has 96 valence electrons. The van der Waals surface area contributed by atoms with Gasteiger partial charge in [-0.05, 0) is 24.5 Å². The van der Waals surface area contributed by atoms with Crippen LogP contribution in [0.5, 0.6) is 0 Å². The molecule has 0 atom stereocenters. The molecular formula is C14H16ClNO2. The van der Waals surface area contributed by atoms with E-state index in [9.17, 15) is 9.59 Å². The number of nitrogens with one attached hydrogen (secondary N) is 1. The first-order chi connectivity index (χ1) is 8.66. The van der Waals surface area contributed by atoms with Crippen molar-refractivity contribution in [2.75, 3.05) is 0 Å². The summed E-state index contributed by atoms with van der Waals surface area (Å²) >= 11 is 6.02. The lowest BCUT2D eigenvalue weighted by atomic mass is 9.88. The molecule has 1 aliphatic carbocycles. The highest BCUT2D eigenvalue weighted by molar-refractivity contribution is 6.31. The summed E-state index contributed by atoms with van der Waals surface area (Å²) in [6.45, 7) is 0.447. The Balaban J connectivity index is 1.85. The fourth-order valence-corrected chi connectivity index (χ4v) is 2.37. The van der Waals surface area contributed by atoms with E-state index in [0.29, 0.717) is 37.3 Å². The van der Waals surface area contributed by atoms with Crippen LogP contribution in [0.3, 0.4) is 0 Å². The number of benzene rings is 1. The molecule has 18 heavy (non-hydrogen) atoms. The number of rotatable bonds is 3. The highest BCUT2D eigenvalue weighted by Gasteiger charge is 2.24. The minimum Gasteiger partial charge on any atom is -0.352 e. The molecule has 1 aromatic carbocycles. The average molecular weight is 266 g/mol. The molecular weight excluding hydrogens is 250 g/mol.